The second-order valence-electron chi connectivity index (χ2n) is 5.30. The Labute approximate surface area is 126 Å². The first-order valence-corrected chi connectivity index (χ1v) is 7.47. The lowest BCUT2D eigenvalue weighted by molar-refractivity contribution is -0.117. The van der Waals surface area contributed by atoms with Crippen molar-refractivity contribution in [2.24, 2.45) is 0 Å². The van der Waals surface area contributed by atoms with Crippen LogP contribution in [-0.2, 0) is 4.79 Å². The molecule has 1 heterocycles. The van der Waals surface area contributed by atoms with Crippen molar-refractivity contribution in [2.75, 3.05) is 39.2 Å². The summed E-state index contributed by atoms with van der Waals surface area (Å²) in [5.74, 6) is 1.32. The molecule has 0 spiro atoms. The average molecular weight is 292 g/mol. The van der Waals surface area contributed by atoms with Crippen LogP contribution in [-0.4, -0.2) is 44.7 Å². The standard InChI is InChI=1S/C16H24N2O3/c1-20-13-7-8-14(15(11-13)21-2)17-16(19)12-18-9-5-3-4-6-10-18/h7-8,11H,3-6,9-10,12H2,1-2H3,(H,17,19). The van der Waals surface area contributed by atoms with Crippen molar-refractivity contribution >= 4 is 11.6 Å². The van der Waals surface area contributed by atoms with E-state index in [0.717, 1.165) is 13.1 Å². The van der Waals surface area contributed by atoms with Crippen molar-refractivity contribution in [1.82, 2.24) is 4.90 Å². The molecule has 0 unspecified atom stereocenters. The van der Waals surface area contributed by atoms with E-state index in [4.69, 9.17) is 9.47 Å². The summed E-state index contributed by atoms with van der Waals surface area (Å²) in [6.07, 6.45) is 4.90. The maximum Gasteiger partial charge on any atom is 0.238 e. The third-order valence-corrected chi connectivity index (χ3v) is 3.75. The number of anilines is 1. The average Bonchev–Trinajstić information content (AvgIpc) is 2.76. The minimum Gasteiger partial charge on any atom is -0.497 e. The molecule has 0 saturated carbocycles. The molecular formula is C16H24N2O3. The molecule has 2 rings (SSSR count). The Hall–Kier alpha value is -1.75. The Kier molecular flexibility index (Phi) is 5.87. The van der Waals surface area contributed by atoms with Crippen LogP contribution in [0.1, 0.15) is 25.7 Å². The number of rotatable bonds is 5. The van der Waals surface area contributed by atoms with E-state index in [1.165, 1.54) is 25.7 Å². The van der Waals surface area contributed by atoms with Crippen LogP contribution in [0.2, 0.25) is 0 Å². The summed E-state index contributed by atoms with van der Waals surface area (Å²) in [5.41, 5.74) is 0.679. The summed E-state index contributed by atoms with van der Waals surface area (Å²) < 4.78 is 10.4. The molecule has 5 nitrogen and oxygen atoms in total. The van der Waals surface area contributed by atoms with Gasteiger partial charge in [0.1, 0.15) is 11.5 Å². The highest BCUT2D eigenvalue weighted by Crippen LogP contribution is 2.28. The van der Waals surface area contributed by atoms with Crippen LogP contribution in [0.4, 0.5) is 5.69 Å². The van der Waals surface area contributed by atoms with Crippen LogP contribution in [0.15, 0.2) is 18.2 Å². The third-order valence-electron chi connectivity index (χ3n) is 3.75. The van der Waals surface area contributed by atoms with Crippen LogP contribution < -0.4 is 14.8 Å². The van der Waals surface area contributed by atoms with Gasteiger partial charge >= 0.3 is 0 Å². The predicted octanol–water partition coefficient (Wildman–Crippen LogP) is 2.52. The monoisotopic (exact) mass is 292 g/mol. The van der Waals surface area contributed by atoms with Crippen molar-refractivity contribution < 1.29 is 14.3 Å². The first kappa shape index (κ1) is 15.6. The summed E-state index contributed by atoms with van der Waals surface area (Å²) in [7, 11) is 3.19. The molecule has 1 aromatic carbocycles. The van der Waals surface area contributed by atoms with Gasteiger partial charge in [-0.05, 0) is 38.1 Å². The van der Waals surface area contributed by atoms with Gasteiger partial charge < -0.3 is 14.8 Å². The lowest BCUT2D eigenvalue weighted by Gasteiger charge is -2.19. The predicted molar refractivity (Wildman–Crippen MR) is 83.1 cm³/mol. The normalized spacial score (nSPS) is 16.1. The van der Waals surface area contributed by atoms with Crippen molar-refractivity contribution in [3.05, 3.63) is 18.2 Å². The minimum atomic E-state index is 0.000340. The third kappa shape index (κ3) is 4.63. The van der Waals surface area contributed by atoms with Crippen LogP contribution in [0.3, 0.4) is 0 Å². The van der Waals surface area contributed by atoms with Crippen LogP contribution in [0, 0.1) is 0 Å². The van der Waals surface area contributed by atoms with Crippen LogP contribution in [0.5, 0.6) is 11.5 Å². The molecule has 0 aliphatic carbocycles. The van der Waals surface area contributed by atoms with E-state index >= 15 is 0 Å². The number of methoxy groups -OCH3 is 2. The molecule has 1 aliphatic rings. The van der Waals surface area contributed by atoms with E-state index in [-0.39, 0.29) is 5.91 Å². The van der Waals surface area contributed by atoms with Gasteiger partial charge in [-0.15, -0.1) is 0 Å². The minimum absolute atomic E-state index is 0.000340. The molecule has 1 fully saturated rings. The van der Waals surface area contributed by atoms with Gasteiger partial charge in [-0.3, -0.25) is 9.69 Å². The highest BCUT2D eigenvalue weighted by molar-refractivity contribution is 5.93. The molecular weight excluding hydrogens is 268 g/mol. The van der Waals surface area contributed by atoms with E-state index < -0.39 is 0 Å². The van der Waals surface area contributed by atoms with Crippen molar-refractivity contribution in [1.29, 1.82) is 0 Å². The lowest BCUT2D eigenvalue weighted by atomic mass is 10.2. The fraction of sp³-hybridized carbons (Fsp3) is 0.562. The molecule has 1 amide bonds. The van der Waals surface area contributed by atoms with Gasteiger partial charge in [0.05, 0.1) is 26.5 Å². The Morgan fingerprint density at radius 1 is 1.14 bits per heavy atom. The number of likely N-dealkylation sites (tertiary alicyclic amines) is 1. The Bertz CT molecular complexity index is 469. The molecule has 1 saturated heterocycles. The smallest absolute Gasteiger partial charge is 0.238 e. The highest BCUT2D eigenvalue weighted by atomic mass is 16.5. The number of hydrogen-bond donors (Lipinski definition) is 1. The van der Waals surface area contributed by atoms with Gasteiger partial charge in [0.15, 0.2) is 0 Å². The van der Waals surface area contributed by atoms with Gasteiger partial charge in [-0.2, -0.15) is 0 Å². The van der Waals surface area contributed by atoms with Crippen molar-refractivity contribution in [3.8, 4) is 11.5 Å². The van der Waals surface area contributed by atoms with Gasteiger partial charge in [0, 0.05) is 6.07 Å². The quantitative estimate of drug-likeness (QED) is 0.906. The Morgan fingerprint density at radius 3 is 2.48 bits per heavy atom. The van der Waals surface area contributed by atoms with Gasteiger partial charge in [0.2, 0.25) is 5.91 Å². The number of carbonyl (C=O) groups excluding carboxylic acids is 1. The molecule has 0 aromatic heterocycles. The molecule has 21 heavy (non-hydrogen) atoms. The fourth-order valence-corrected chi connectivity index (χ4v) is 2.59. The Balaban J connectivity index is 1.95. The van der Waals surface area contributed by atoms with E-state index in [1.807, 2.05) is 6.07 Å². The Morgan fingerprint density at radius 2 is 1.86 bits per heavy atom. The van der Waals surface area contributed by atoms with Gasteiger partial charge in [-0.1, -0.05) is 12.8 Å². The van der Waals surface area contributed by atoms with Crippen molar-refractivity contribution in [2.45, 2.75) is 25.7 Å². The van der Waals surface area contributed by atoms with Crippen LogP contribution in [0.25, 0.3) is 0 Å². The first-order valence-electron chi connectivity index (χ1n) is 7.47. The first-order chi connectivity index (χ1) is 10.2. The van der Waals surface area contributed by atoms with E-state index in [2.05, 4.69) is 10.2 Å². The number of ether oxygens (including phenoxy) is 2. The summed E-state index contributed by atoms with van der Waals surface area (Å²) in [6, 6.07) is 5.38. The fourth-order valence-electron chi connectivity index (χ4n) is 2.59. The zero-order valence-corrected chi connectivity index (χ0v) is 12.9. The second kappa shape index (κ2) is 7.88. The zero-order chi connectivity index (χ0) is 15.1. The molecule has 0 radical (unpaired) electrons. The van der Waals surface area contributed by atoms with Gasteiger partial charge in [0.25, 0.3) is 0 Å². The summed E-state index contributed by atoms with van der Waals surface area (Å²) in [4.78, 5) is 14.4. The number of hydrogen-bond acceptors (Lipinski definition) is 4. The number of amides is 1. The number of nitrogens with one attached hydrogen (secondary N) is 1. The molecule has 0 atom stereocenters. The summed E-state index contributed by atoms with van der Waals surface area (Å²) >= 11 is 0. The SMILES string of the molecule is COc1ccc(NC(=O)CN2CCCCCC2)c(OC)c1. The summed E-state index contributed by atoms with van der Waals surface area (Å²) in [5, 5.41) is 2.92. The van der Waals surface area contributed by atoms with Crippen LogP contribution >= 0.6 is 0 Å². The number of benzene rings is 1. The molecule has 5 heteroatoms. The molecule has 1 N–H and O–H groups in total. The summed E-state index contributed by atoms with van der Waals surface area (Å²) in [6.45, 7) is 2.45. The van der Waals surface area contributed by atoms with E-state index in [9.17, 15) is 4.79 Å². The zero-order valence-electron chi connectivity index (χ0n) is 12.9. The molecule has 1 aromatic rings. The molecule has 1 aliphatic heterocycles. The molecule has 0 bridgehead atoms. The largest absolute Gasteiger partial charge is 0.497 e. The topological polar surface area (TPSA) is 50.8 Å². The highest BCUT2D eigenvalue weighted by Gasteiger charge is 2.14. The van der Waals surface area contributed by atoms with Gasteiger partial charge in [-0.25, -0.2) is 0 Å². The maximum absolute atomic E-state index is 12.2. The number of nitrogens with zero attached hydrogens (tertiary/aromatic N) is 1. The maximum atomic E-state index is 12.2. The second-order valence-corrected chi connectivity index (χ2v) is 5.30. The van der Waals surface area contributed by atoms with E-state index in [1.54, 1.807) is 26.4 Å². The van der Waals surface area contributed by atoms with Crippen molar-refractivity contribution in [3.63, 3.8) is 0 Å². The number of carbonyl (C=O) groups is 1. The lowest BCUT2D eigenvalue weighted by Crippen LogP contribution is -2.34. The van der Waals surface area contributed by atoms with E-state index in [0.29, 0.717) is 23.7 Å². The molecule has 116 valence electrons.